The number of carboxylic acid groups (broad SMARTS) is 1. The van der Waals surface area contributed by atoms with E-state index in [-0.39, 0.29) is 29.2 Å². The molecular formula is C25H26N8O3. The van der Waals surface area contributed by atoms with Crippen molar-refractivity contribution in [3.63, 3.8) is 0 Å². The van der Waals surface area contributed by atoms with E-state index in [4.69, 9.17) is 5.73 Å². The predicted octanol–water partition coefficient (Wildman–Crippen LogP) is 3.50. The van der Waals surface area contributed by atoms with Gasteiger partial charge in [0.05, 0.1) is 17.4 Å². The first-order valence-corrected chi connectivity index (χ1v) is 11.7. The van der Waals surface area contributed by atoms with Crippen LogP contribution in [0.2, 0.25) is 0 Å². The highest BCUT2D eigenvalue weighted by atomic mass is 16.4. The summed E-state index contributed by atoms with van der Waals surface area (Å²) in [4.78, 5) is 32.7. The molecule has 3 heterocycles. The number of aromatic carboxylic acids is 1. The van der Waals surface area contributed by atoms with Crippen LogP contribution < -0.4 is 21.7 Å². The van der Waals surface area contributed by atoms with Gasteiger partial charge in [-0.15, -0.1) is 5.10 Å². The zero-order valence-corrected chi connectivity index (χ0v) is 19.4. The smallest absolute Gasteiger partial charge is 0.335 e. The van der Waals surface area contributed by atoms with Gasteiger partial charge in [-0.2, -0.15) is 0 Å². The van der Waals surface area contributed by atoms with E-state index in [1.165, 1.54) is 22.8 Å². The van der Waals surface area contributed by atoms with Crippen molar-refractivity contribution in [1.29, 1.82) is 0 Å². The van der Waals surface area contributed by atoms with Crippen molar-refractivity contribution >= 4 is 40.4 Å². The lowest BCUT2D eigenvalue weighted by Crippen LogP contribution is -2.33. The van der Waals surface area contributed by atoms with Crippen LogP contribution in [0.1, 0.15) is 46.5 Å². The van der Waals surface area contributed by atoms with Crippen molar-refractivity contribution in [3.05, 3.63) is 72.3 Å². The first-order chi connectivity index (χ1) is 17.5. The lowest BCUT2D eigenvalue weighted by molar-refractivity contribution is 0.0696. The number of anilines is 4. The normalized spacial score (nSPS) is 17.5. The van der Waals surface area contributed by atoms with Gasteiger partial charge >= 0.3 is 5.97 Å². The van der Waals surface area contributed by atoms with Gasteiger partial charge < -0.3 is 26.8 Å². The Morgan fingerprint density at radius 2 is 1.72 bits per heavy atom. The number of nitrogens with two attached hydrogens (primary N) is 1. The molecule has 1 amide bonds. The number of nitrogens with zero attached hydrogens (tertiary/aromatic N) is 4. The fourth-order valence-electron chi connectivity index (χ4n) is 4.24. The lowest BCUT2D eigenvalue weighted by Gasteiger charge is -2.27. The summed E-state index contributed by atoms with van der Waals surface area (Å²) in [5.41, 5.74) is 8.86. The van der Waals surface area contributed by atoms with Crippen LogP contribution in [-0.2, 0) is 0 Å². The van der Waals surface area contributed by atoms with Gasteiger partial charge in [0.1, 0.15) is 5.82 Å². The van der Waals surface area contributed by atoms with Crippen LogP contribution in [0.25, 0.3) is 5.65 Å². The van der Waals surface area contributed by atoms with Crippen LogP contribution in [-0.4, -0.2) is 48.6 Å². The highest BCUT2D eigenvalue weighted by Crippen LogP contribution is 2.27. The topological polar surface area (TPSA) is 160 Å². The van der Waals surface area contributed by atoms with Gasteiger partial charge in [-0.25, -0.2) is 14.3 Å². The Labute approximate surface area is 206 Å². The number of fused-ring (bicyclic) bond motifs is 1. The second-order valence-electron chi connectivity index (χ2n) is 8.78. The summed E-state index contributed by atoms with van der Waals surface area (Å²) in [6.07, 6.45) is 8.40. The Balaban J connectivity index is 1.49. The van der Waals surface area contributed by atoms with E-state index in [2.05, 4.69) is 31.0 Å². The molecule has 1 aliphatic rings. The Bertz CT molecular complexity index is 1380. The number of benzene rings is 1. The number of carbonyl (C=O) groups excluding carboxylic acids is 1. The number of amides is 1. The van der Waals surface area contributed by atoms with E-state index in [0.717, 1.165) is 25.7 Å². The van der Waals surface area contributed by atoms with E-state index in [1.807, 2.05) is 6.07 Å². The van der Waals surface area contributed by atoms with Crippen molar-refractivity contribution in [1.82, 2.24) is 19.6 Å². The highest BCUT2D eigenvalue weighted by molar-refractivity contribution is 6.03. The number of nitrogens with one attached hydrogen (secondary N) is 3. The molecule has 0 bridgehead atoms. The molecule has 11 nitrogen and oxygen atoms in total. The third-order valence-electron chi connectivity index (χ3n) is 6.17. The van der Waals surface area contributed by atoms with Gasteiger partial charge in [-0.05, 0) is 62.1 Å². The van der Waals surface area contributed by atoms with Crippen molar-refractivity contribution < 1.29 is 14.7 Å². The molecule has 6 N–H and O–H groups in total. The molecule has 0 saturated heterocycles. The summed E-state index contributed by atoms with van der Waals surface area (Å²) in [6.45, 7) is 0. The predicted molar refractivity (Wildman–Crippen MR) is 136 cm³/mol. The minimum atomic E-state index is -0.996. The summed E-state index contributed by atoms with van der Waals surface area (Å²) in [5.74, 6) is -0.771. The Morgan fingerprint density at radius 3 is 2.42 bits per heavy atom. The molecule has 0 radical (unpaired) electrons. The average molecular weight is 487 g/mol. The first-order valence-electron chi connectivity index (χ1n) is 11.7. The Kier molecular flexibility index (Phi) is 6.46. The van der Waals surface area contributed by atoms with E-state index in [1.54, 1.807) is 36.7 Å². The van der Waals surface area contributed by atoms with Gasteiger partial charge in [0.15, 0.2) is 11.3 Å². The average Bonchev–Trinajstić information content (AvgIpc) is 3.31. The SMILES string of the molecule is N[C@H]1CC[C@H](Nc2cc(Nc3ccc(C(=O)O)cc3)c3ncc(C(=O)Nc4ccncc4)n3n2)CC1. The van der Waals surface area contributed by atoms with Gasteiger partial charge in [0.2, 0.25) is 0 Å². The lowest BCUT2D eigenvalue weighted by atomic mass is 9.92. The summed E-state index contributed by atoms with van der Waals surface area (Å²) in [7, 11) is 0. The minimum Gasteiger partial charge on any atom is -0.478 e. The third-order valence-corrected chi connectivity index (χ3v) is 6.17. The first kappa shape index (κ1) is 23.2. The zero-order chi connectivity index (χ0) is 25.1. The van der Waals surface area contributed by atoms with Crippen molar-refractivity contribution in [2.75, 3.05) is 16.0 Å². The molecule has 3 aromatic heterocycles. The van der Waals surface area contributed by atoms with E-state index in [0.29, 0.717) is 28.5 Å². The molecule has 1 fully saturated rings. The number of aromatic nitrogens is 4. The second-order valence-corrected chi connectivity index (χ2v) is 8.78. The maximum Gasteiger partial charge on any atom is 0.335 e. The van der Waals surface area contributed by atoms with Crippen molar-refractivity contribution in [2.45, 2.75) is 37.8 Å². The number of hydrogen-bond acceptors (Lipinski definition) is 8. The summed E-state index contributed by atoms with van der Waals surface area (Å²) >= 11 is 0. The Morgan fingerprint density at radius 1 is 1.00 bits per heavy atom. The number of imidazole rings is 1. The largest absolute Gasteiger partial charge is 0.478 e. The molecule has 36 heavy (non-hydrogen) atoms. The number of carboxylic acids is 1. The van der Waals surface area contributed by atoms with E-state index in [9.17, 15) is 14.7 Å². The molecular weight excluding hydrogens is 460 g/mol. The molecule has 1 saturated carbocycles. The molecule has 1 aliphatic carbocycles. The molecule has 0 unspecified atom stereocenters. The second kappa shape index (κ2) is 10.0. The van der Waals surface area contributed by atoms with Crippen LogP contribution in [0.4, 0.5) is 22.9 Å². The molecule has 1 aromatic carbocycles. The maximum atomic E-state index is 13.1. The Hall–Kier alpha value is -4.51. The van der Waals surface area contributed by atoms with Crippen LogP contribution in [0.5, 0.6) is 0 Å². The number of pyridine rings is 1. The zero-order valence-electron chi connectivity index (χ0n) is 19.4. The van der Waals surface area contributed by atoms with Gasteiger partial charge in [-0.1, -0.05) is 0 Å². The molecule has 0 aliphatic heterocycles. The fraction of sp³-hybridized carbons (Fsp3) is 0.240. The van der Waals surface area contributed by atoms with Gasteiger partial charge in [0, 0.05) is 41.9 Å². The van der Waals surface area contributed by atoms with Crippen LogP contribution in [0.15, 0.2) is 61.1 Å². The van der Waals surface area contributed by atoms with Gasteiger partial charge in [-0.3, -0.25) is 9.78 Å². The van der Waals surface area contributed by atoms with E-state index < -0.39 is 5.97 Å². The van der Waals surface area contributed by atoms with Crippen molar-refractivity contribution in [3.8, 4) is 0 Å². The summed E-state index contributed by atoms with van der Waals surface area (Å²) < 4.78 is 1.50. The van der Waals surface area contributed by atoms with Crippen LogP contribution >= 0.6 is 0 Å². The summed E-state index contributed by atoms with van der Waals surface area (Å²) in [5, 5.41) is 23.4. The minimum absolute atomic E-state index is 0.189. The quantitative estimate of drug-likeness (QED) is 0.263. The maximum absolute atomic E-state index is 13.1. The molecule has 5 rings (SSSR count). The fourth-order valence-corrected chi connectivity index (χ4v) is 4.24. The molecule has 184 valence electrons. The molecule has 0 atom stereocenters. The number of rotatable bonds is 7. The summed E-state index contributed by atoms with van der Waals surface area (Å²) in [6, 6.07) is 12.1. The molecule has 4 aromatic rings. The highest BCUT2D eigenvalue weighted by Gasteiger charge is 2.21. The van der Waals surface area contributed by atoms with E-state index >= 15 is 0 Å². The number of hydrogen-bond donors (Lipinski definition) is 5. The molecule has 0 spiro atoms. The van der Waals surface area contributed by atoms with Crippen LogP contribution in [0.3, 0.4) is 0 Å². The van der Waals surface area contributed by atoms with Crippen LogP contribution in [0, 0.1) is 0 Å². The third kappa shape index (κ3) is 5.10. The van der Waals surface area contributed by atoms with Crippen molar-refractivity contribution in [2.24, 2.45) is 5.73 Å². The monoisotopic (exact) mass is 486 g/mol. The number of carbonyl (C=O) groups is 2. The van der Waals surface area contributed by atoms with Gasteiger partial charge in [0.25, 0.3) is 5.91 Å². The molecule has 11 heteroatoms. The standard InChI is InChI=1S/C25H26N8O3/c26-16-3-7-18(8-4-16)30-22-13-20(29-17-5-1-15(2-6-17)25(35)36)23-28-14-21(33(23)32-22)24(34)31-19-9-11-27-12-10-19/h1-2,5-6,9-14,16,18,29H,3-4,7-8,26H2,(H,30,32)(H,35,36)(H,27,31,34)/t16-,18-.